The van der Waals surface area contributed by atoms with Gasteiger partial charge in [-0.1, -0.05) is 0 Å². The molecule has 7 heteroatoms. The zero-order chi connectivity index (χ0) is 13.5. The van der Waals surface area contributed by atoms with Crippen molar-refractivity contribution in [3.05, 3.63) is 11.4 Å². The number of hydrogen-bond acceptors (Lipinski definition) is 4. The lowest BCUT2D eigenvalue weighted by atomic mass is 10.1. The number of hydrogen-bond donors (Lipinski definition) is 1. The number of rotatable bonds is 3. The van der Waals surface area contributed by atoms with E-state index in [2.05, 4.69) is 5.10 Å². The van der Waals surface area contributed by atoms with Gasteiger partial charge < -0.3 is 5.73 Å². The Balaban J connectivity index is 2.37. The molecule has 2 N–H and O–H groups in total. The summed E-state index contributed by atoms with van der Waals surface area (Å²) in [7, 11) is -1.67. The third-order valence-corrected chi connectivity index (χ3v) is 5.74. The Hall–Kier alpha value is -0.920. The third kappa shape index (κ3) is 2.06. The summed E-state index contributed by atoms with van der Waals surface area (Å²) in [6, 6.07) is 0. The van der Waals surface area contributed by atoms with Crippen LogP contribution >= 0.6 is 0 Å². The summed E-state index contributed by atoms with van der Waals surface area (Å²) in [4.78, 5) is 0.350. The van der Waals surface area contributed by atoms with Crippen molar-refractivity contribution in [1.82, 2.24) is 14.1 Å². The van der Waals surface area contributed by atoms with Crippen molar-refractivity contribution in [1.29, 1.82) is 0 Å². The molecule has 0 aromatic carbocycles. The zero-order valence-corrected chi connectivity index (χ0v) is 11.9. The zero-order valence-electron chi connectivity index (χ0n) is 11.0. The van der Waals surface area contributed by atoms with E-state index in [0.29, 0.717) is 35.9 Å². The van der Waals surface area contributed by atoms with E-state index in [1.54, 1.807) is 25.6 Å². The monoisotopic (exact) mass is 272 g/mol. The first kappa shape index (κ1) is 13.5. The van der Waals surface area contributed by atoms with E-state index in [0.717, 1.165) is 6.42 Å². The topological polar surface area (TPSA) is 81.2 Å². The minimum atomic E-state index is -3.43. The maximum Gasteiger partial charge on any atom is 0.246 e. The molecule has 1 aliphatic rings. The predicted octanol–water partition coefficient (Wildman–Crippen LogP) is 0.00624. The van der Waals surface area contributed by atoms with Crippen LogP contribution < -0.4 is 5.73 Å². The highest BCUT2D eigenvalue weighted by molar-refractivity contribution is 7.89. The number of sulfonamides is 1. The fraction of sp³-hybridized carbons (Fsp3) is 0.727. The first-order chi connectivity index (χ1) is 8.37. The molecule has 0 bridgehead atoms. The Labute approximate surface area is 108 Å². The molecule has 0 radical (unpaired) electrons. The summed E-state index contributed by atoms with van der Waals surface area (Å²) in [6.07, 6.45) is 0.841. The van der Waals surface area contributed by atoms with E-state index in [9.17, 15) is 8.42 Å². The standard InChI is InChI=1S/C11H20N4O2S/c1-8-11(9(2)14(3)13-8)18(16,17)15-5-4-10(6-12)7-15/h10H,4-7,12H2,1-3H3. The predicted molar refractivity (Wildman–Crippen MR) is 68.6 cm³/mol. The summed E-state index contributed by atoms with van der Waals surface area (Å²) < 4.78 is 28.3. The molecule has 1 aromatic heterocycles. The summed E-state index contributed by atoms with van der Waals surface area (Å²) >= 11 is 0. The van der Waals surface area contributed by atoms with Crippen LogP contribution in [0.3, 0.4) is 0 Å². The molecular formula is C11H20N4O2S. The Morgan fingerprint density at radius 3 is 2.56 bits per heavy atom. The van der Waals surface area contributed by atoms with Crippen molar-refractivity contribution in [2.75, 3.05) is 19.6 Å². The minimum absolute atomic E-state index is 0.275. The second-order valence-corrected chi connectivity index (χ2v) is 6.75. The maximum absolute atomic E-state index is 12.6. The van der Waals surface area contributed by atoms with Crippen molar-refractivity contribution < 1.29 is 8.42 Å². The second-order valence-electron chi connectivity index (χ2n) is 4.88. The van der Waals surface area contributed by atoms with E-state index < -0.39 is 10.0 Å². The minimum Gasteiger partial charge on any atom is -0.330 e. The van der Waals surface area contributed by atoms with Crippen molar-refractivity contribution in [3.63, 3.8) is 0 Å². The lowest BCUT2D eigenvalue weighted by Crippen LogP contribution is -2.30. The fourth-order valence-electron chi connectivity index (χ4n) is 2.46. The van der Waals surface area contributed by atoms with Gasteiger partial charge in [0.1, 0.15) is 4.90 Å². The lowest BCUT2D eigenvalue weighted by molar-refractivity contribution is 0.458. The van der Waals surface area contributed by atoms with Crippen molar-refractivity contribution in [2.45, 2.75) is 25.2 Å². The average Bonchev–Trinajstić information content (AvgIpc) is 2.85. The van der Waals surface area contributed by atoms with Gasteiger partial charge in [0.25, 0.3) is 0 Å². The fourth-order valence-corrected chi connectivity index (χ4v) is 4.40. The Morgan fingerprint density at radius 2 is 2.11 bits per heavy atom. The molecule has 18 heavy (non-hydrogen) atoms. The Morgan fingerprint density at radius 1 is 1.44 bits per heavy atom. The van der Waals surface area contributed by atoms with Gasteiger partial charge >= 0.3 is 0 Å². The molecule has 6 nitrogen and oxygen atoms in total. The van der Waals surface area contributed by atoms with Gasteiger partial charge in [-0.2, -0.15) is 9.40 Å². The molecule has 2 rings (SSSR count). The summed E-state index contributed by atoms with van der Waals surface area (Å²) in [5.41, 5.74) is 6.85. The van der Waals surface area contributed by atoms with Gasteiger partial charge in [-0.05, 0) is 32.7 Å². The number of aryl methyl sites for hydroxylation is 2. The molecule has 102 valence electrons. The van der Waals surface area contributed by atoms with Crippen LogP contribution in [0.15, 0.2) is 4.90 Å². The quantitative estimate of drug-likeness (QED) is 0.840. The van der Waals surface area contributed by atoms with Gasteiger partial charge in [0.15, 0.2) is 0 Å². The van der Waals surface area contributed by atoms with Gasteiger partial charge in [0.2, 0.25) is 10.0 Å². The maximum atomic E-state index is 12.6. The smallest absolute Gasteiger partial charge is 0.246 e. The Bertz CT molecular complexity index is 550. The van der Waals surface area contributed by atoms with Gasteiger partial charge in [-0.3, -0.25) is 4.68 Å². The van der Waals surface area contributed by atoms with E-state index >= 15 is 0 Å². The van der Waals surface area contributed by atoms with E-state index in [1.165, 1.54) is 4.31 Å². The van der Waals surface area contributed by atoms with Gasteiger partial charge in [0.05, 0.1) is 11.4 Å². The van der Waals surface area contributed by atoms with Crippen LogP contribution in [-0.2, 0) is 17.1 Å². The van der Waals surface area contributed by atoms with E-state index in [4.69, 9.17) is 5.73 Å². The molecule has 1 fully saturated rings. The Kier molecular flexibility index (Phi) is 3.48. The molecule has 2 heterocycles. The van der Waals surface area contributed by atoms with Crippen LogP contribution in [-0.4, -0.2) is 42.1 Å². The van der Waals surface area contributed by atoms with Crippen LogP contribution in [0.5, 0.6) is 0 Å². The van der Waals surface area contributed by atoms with Gasteiger partial charge in [-0.25, -0.2) is 8.42 Å². The molecule has 1 saturated heterocycles. The van der Waals surface area contributed by atoms with Crippen LogP contribution in [0.2, 0.25) is 0 Å². The number of aromatic nitrogens is 2. The van der Waals surface area contributed by atoms with Crippen LogP contribution in [0.25, 0.3) is 0 Å². The summed E-state index contributed by atoms with van der Waals surface area (Å²) in [5.74, 6) is 0.275. The molecule has 0 spiro atoms. The first-order valence-corrected chi connectivity index (χ1v) is 7.52. The van der Waals surface area contributed by atoms with Crippen LogP contribution in [0.1, 0.15) is 17.8 Å². The van der Waals surface area contributed by atoms with Gasteiger partial charge in [0, 0.05) is 20.1 Å². The average molecular weight is 272 g/mol. The molecule has 1 aromatic rings. The molecule has 0 amide bonds. The van der Waals surface area contributed by atoms with Crippen molar-refractivity contribution in [3.8, 4) is 0 Å². The van der Waals surface area contributed by atoms with Crippen molar-refractivity contribution in [2.24, 2.45) is 18.7 Å². The molecule has 0 saturated carbocycles. The molecular weight excluding hydrogens is 252 g/mol. The third-order valence-electron chi connectivity index (χ3n) is 3.62. The van der Waals surface area contributed by atoms with Crippen LogP contribution in [0, 0.1) is 19.8 Å². The first-order valence-electron chi connectivity index (χ1n) is 6.08. The highest BCUT2D eigenvalue weighted by atomic mass is 32.2. The van der Waals surface area contributed by atoms with Crippen molar-refractivity contribution >= 4 is 10.0 Å². The number of nitrogens with zero attached hydrogens (tertiary/aromatic N) is 3. The van der Waals surface area contributed by atoms with Gasteiger partial charge in [-0.15, -0.1) is 0 Å². The molecule has 0 aliphatic carbocycles. The molecule has 1 unspecified atom stereocenters. The highest BCUT2D eigenvalue weighted by Gasteiger charge is 2.35. The second kappa shape index (κ2) is 4.64. The SMILES string of the molecule is Cc1nn(C)c(C)c1S(=O)(=O)N1CCC(CN)C1. The lowest BCUT2D eigenvalue weighted by Gasteiger charge is -2.16. The summed E-state index contributed by atoms with van der Waals surface area (Å²) in [6.45, 7) is 5.13. The van der Waals surface area contributed by atoms with E-state index in [1.807, 2.05) is 0 Å². The number of nitrogens with two attached hydrogens (primary N) is 1. The molecule has 1 atom stereocenters. The normalized spacial score (nSPS) is 21.7. The van der Waals surface area contributed by atoms with E-state index in [-0.39, 0.29) is 5.92 Å². The highest BCUT2D eigenvalue weighted by Crippen LogP contribution is 2.27. The van der Waals surface area contributed by atoms with Crippen LogP contribution in [0.4, 0.5) is 0 Å². The molecule has 1 aliphatic heterocycles. The largest absolute Gasteiger partial charge is 0.330 e. The summed E-state index contributed by atoms with van der Waals surface area (Å²) in [5, 5.41) is 4.17.